The second-order valence-corrected chi connectivity index (χ2v) is 7.62. The lowest BCUT2D eigenvalue weighted by Crippen LogP contribution is -2.29. The van der Waals surface area contributed by atoms with Crippen molar-refractivity contribution in [2.24, 2.45) is 5.92 Å². The Morgan fingerprint density at radius 1 is 1.31 bits per heavy atom. The average molecular weight is 372 g/mol. The molecule has 1 aromatic heterocycles. The fourth-order valence-corrected chi connectivity index (χ4v) is 4.43. The molecule has 3 heterocycles. The van der Waals surface area contributed by atoms with E-state index in [0.29, 0.717) is 5.13 Å². The first-order valence-corrected chi connectivity index (χ1v) is 9.51. The third-order valence-electron chi connectivity index (χ3n) is 4.94. The molecule has 26 heavy (non-hydrogen) atoms. The Morgan fingerprint density at radius 2 is 2.12 bits per heavy atom. The van der Waals surface area contributed by atoms with Gasteiger partial charge in [-0.25, -0.2) is 0 Å². The normalized spacial score (nSPS) is 25.7. The van der Waals surface area contributed by atoms with Gasteiger partial charge in [-0.2, -0.15) is 0 Å². The molecule has 3 atom stereocenters. The number of ether oxygens (including phenoxy) is 1. The van der Waals surface area contributed by atoms with Gasteiger partial charge in [0.1, 0.15) is 11.1 Å². The number of hydrogen-bond acceptors (Lipinski definition) is 6. The van der Waals surface area contributed by atoms with E-state index in [-0.39, 0.29) is 30.4 Å². The Labute approximate surface area is 155 Å². The maximum absolute atomic E-state index is 12.8. The Balaban J connectivity index is 1.50. The average Bonchev–Trinajstić information content (AvgIpc) is 3.37. The van der Waals surface area contributed by atoms with E-state index < -0.39 is 5.92 Å². The number of anilines is 1. The highest BCUT2D eigenvalue weighted by Crippen LogP contribution is 2.38. The number of nitrogens with zero attached hydrogens (tertiary/aromatic N) is 3. The number of amides is 2. The van der Waals surface area contributed by atoms with Crippen LogP contribution in [0, 0.1) is 5.92 Å². The van der Waals surface area contributed by atoms with Crippen LogP contribution in [0.4, 0.5) is 5.13 Å². The molecule has 1 N–H and O–H groups in total. The van der Waals surface area contributed by atoms with Crippen molar-refractivity contribution in [2.45, 2.75) is 31.4 Å². The van der Waals surface area contributed by atoms with Gasteiger partial charge in [0.25, 0.3) is 0 Å². The highest BCUT2D eigenvalue weighted by Gasteiger charge is 2.42. The summed E-state index contributed by atoms with van der Waals surface area (Å²) in [6, 6.07) is 9.37. The summed E-state index contributed by atoms with van der Waals surface area (Å²) in [7, 11) is 1.74. The van der Waals surface area contributed by atoms with E-state index in [9.17, 15) is 9.59 Å². The summed E-state index contributed by atoms with van der Waals surface area (Å²) >= 11 is 1.34. The van der Waals surface area contributed by atoms with Crippen LogP contribution < -0.4 is 5.32 Å². The molecule has 4 rings (SSSR count). The summed E-state index contributed by atoms with van der Waals surface area (Å²) < 4.78 is 5.60. The van der Waals surface area contributed by atoms with Crippen LogP contribution in [0.2, 0.25) is 0 Å². The van der Waals surface area contributed by atoms with E-state index in [4.69, 9.17) is 4.74 Å². The second-order valence-electron chi connectivity index (χ2n) is 6.61. The number of hydrogen-bond donors (Lipinski definition) is 1. The molecule has 2 aliphatic rings. The number of likely N-dealkylation sites (tertiary alicyclic amines) is 1. The summed E-state index contributed by atoms with van der Waals surface area (Å²) in [5.74, 6) is -0.687. The van der Waals surface area contributed by atoms with Crippen molar-refractivity contribution in [3.8, 4) is 0 Å². The van der Waals surface area contributed by atoms with Gasteiger partial charge in [-0.15, -0.1) is 10.2 Å². The van der Waals surface area contributed by atoms with Crippen molar-refractivity contribution in [3.63, 3.8) is 0 Å². The van der Waals surface area contributed by atoms with E-state index in [0.717, 1.165) is 30.0 Å². The maximum Gasteiger partial charge on any atom is 0.232 e. The predicted octanol–water partition coefficient (Wildman–Crippen LogP) is 2.55. The van der Waals surface area contributed by atoms with Gasteiger partial charge in [-0.3, -0.25) is 9.59 Å². The lowest BCUT2D eigenvalue weighted by Gasteiger charge is -2.24. The molecule has 2 fully saturated rings. The van der Waals surface area contributed by atoms with Gasteiger partial charge >= 0.3 is 0 Å². The highest BCUT2D eigenvalue weighted by atomic mass is 32.1. The maximum atomic E-state index is 12.8. The van der Waals surface area contributed by atoms with Gasteiger partial charge in [0.05, 0.1) is 12.0 Å². The molecular formula is C18H20N4O3S. The van der Waals surface area contributed by atoms with Crippen LogP contribution in [-0.4, -0.2) is 40.6 Å². The lowest BCUT2D eigenvalue weighted by molar-refractivity contribution is -0.127. The number of benzene rings is 1. The van der Waals surface area contributed by atoms with Crippen molar-refractivity contribution in [1.29, 1.82) is 0 Å². The fraction of sp³-hybridized carbons (Fsp3) is 0.444. The van der Waals surface area contributed by atoms with Crippen molar-refractivity contribution < 1.29 is 14.3 Å². The minimum atomic E-state index is -0.454. The smallest absolute Gasteiger partial charge is 0.232 e. The van der Waals surface area contributed by atoms with Gasteiger partial charge in [-0.1, -0.05) is 41.7 Å². The van der Waals surface area contributed by atoms with Crippen LogP contribution in [0.15, 0.2) is 30.3 Å². The zero-order chi connectivity index (χ0) is 18.1. The molecule has 1 aromatic carbocycles. The molecular weight excluding hydrogens is 352 g/mol. The Bertz CT molecular complexity index is 804. The Hall–Kier alpha value is -2.32. The SMILES string of the molecule is CN1C(=O)C[C@H](C(=O)Nc2nnc([C@@H]3CCCO3)s2)[C@@H]1c1ccccc1. The minimum absolute atomic E-state index is 0.0191. The van der Waals surface area contributed by atoms with Crippen LogP contribution in [-0.2, 0) is 14.3 Å². The molecule has 0 bridgehead atoms. The van der Waals surface area contributed by atoms with Crippen LogP contribution in [0.3, 0.4) is 0 Å². The first-order valence-electron chi connectivity index (χ1n) is 8.70. The summed E-state index contributed by atoms with van der Waals surface area (Å²) in [4.78, 5) is 26.7. The van der Waals surface area contributed by atoms with Gasteiger partial charge in [-0.05, 0) is 18.4 Å². The van der Waals surface area contributed by atoms with E-state index in [2.05, 4.69) is 15.5 Å². The first-order chi connectivity index (χ1) is 12.6. The minimum Gasteiger partial charge on any atom is -0.371 e. The van der Waals surface area contributed by atoms with Gasteiger partial charge in [0, 0.05) is 20.1 Å². The molecule has 136 valence electrons. The summed E-state index contributed by atoms with van der Waals surface area (Å²) in [6.07, 6.45) is 2.12. The van der Waals surface area contributed by atoms with Crippen molar-refractivity contribution in [2.75, 3.05) is 19.0 Å². The quantitative estimate of drug-likeness (QED) is 0.892. The molecule has 0 radical (unpaired) electrons. The monoisotopic (exact) mass is 372 g/mol. The summed E-state index contributed by atoms with van der Waals surface area (Å²) in [5.41, 5.74) is 0.957. The van der Waals surface area contributed by atoms with Crippen molar-refractivity contribution in [1.82, 2.24) is 15.1 Å². The highest BCUT2D eigenvalue weighted by molar-refractivity contribution is 7.15. The third-order valence-corrected chi connectivity index (χ3v) is 5.87. The molecule has 7 nitrogen and oxygen atoms in total. The molecule has 2 aromatic rings. The van der Waals surface area contributed by atoms with Crippen LogP contribution in [0.5, 0.6) is 0 Å². The Morgan fingerprint density at radius 3 is 2.85 bits per heavy atom. The number of nitrogens with one attached hydrogen (secondary N) is 1. The standard InChI is InChI=1S/C18H20N4O3S/c1-22-14(23)10-12(15(22)11-6-3-2-4-7-11)16(24)19-18-21-20-17(26-18)13-8-5-9-25-13/h2-4,6-7,12-13,15H,5,8-10H2,1H3,(H,19,21,24)/t12-,13-,15-/m0/s1. The van der Waals surface area contributed by atoms with E-state index in [1.807, 2.05) is 30.3 Å². The van der Waals surface area contributed by atoms with Gasteiger partial charge in [0.2, 0.25) is 16.9 Å². The number of aromatic nitrogens is 2. The third kappa shape index (κ3) is 3.22. The van der Waals surface area contributed by atoms with E-state index in [1.54, 1.807) is 11.9 Å². The predicted molar refractivity (Wildman–Crippen MR) is 96.5 cm³/mol. The number of carbonyl (C=O) groups excluding carboxylic acids is 2. The van der Waals surface area contributed by atoms with Crippen molar-refractivity contribution in [3.05, 3.63) is 40.9 Å². The largest absolute Gasteiger partial charge is 0.371 e. The van der Waals surface area contributed by atoms with Gasteiger partial charge < -0.3 is 15.0 Å². The van der Waals surface area contributed by atoms with Crippen molar-refractivity contribution >= 4 is 28.3 Å². The second kappa shape index (κ2) is 7.13. The molecule has 8 heteroatoms. The molecule has 2 aliphatic heterocycles. The van der Waals surface area contributed by atoms with Gasteiger partial charge in [0.15, 0.2) is 0 Å². The molecule has 0 saturated carbocycles. The molecule has 0 spiro atoms. The summed E-state index contributed by atoms with van der Waals surface area (Å²) in [5, 5.41) is 12.3. The Kier molecular flexibility index (Phi) is 4.69. The molecule has 0 unspecified atom stereocenters. The van der Waals surface area contributed by atoms with E-state index >= 15 is 0 Å². The number of rotatable bonds is 4. The lowest BCUT2D eigenvalue weighted by atomic mass is 9.93. The zero-order valence-corrected chi connectivity index (χ0v) is 15.2. The molecule has 2 saturated heterocycles. The number of carbonyl (C=O) groups is 2. The first kappa shape index (κ1) is 17.1. The van der Waals surface area contributed by atoms with Crippen LogP contribution in [0.25, 0.3) is 0 Å². The topological polar surface area (TPSA) is 84.4 Å². The summed E-state index contributed by atoms with van der Waals surface area (Å²) in [6.45, 7) is 0.737. The molecule has 0 aliphatic carbocycles. The molecule has 2 amide bonds. The van der Waals surface area contributed by atoms with E-state index in [1.165, 1.54) is 11.3 Å². The fourth-order valence-electron chi connectivity index (χ4n) is 3.60. The zero-order valence-electron chi connectivity index (χ0n) is 14.4. The van der Waals surface area contributed by atoms with Crippen LogP contribution >= 0.6 is 11.3 Å². The van der Waals surface area contributed by atoms with Crippen LogP contribution in [0.1, 0.15) is 42.0 Å².